The third kappa shape index (κ3) is 3.57. The molecule has 0 spiro atoms. The monoisotopic (exact) mass is 287 g/mol. The second-order valence-electron chi connectivity index (χ2n) is 7.36. The van der Waals surface area contributed by atoms with E-state index in [9.17, 15) is 0 Å². The Hall–Kier alpha value is -1.09. The van der Waals surface area contributed by atoms with Gasteiger partial charge in [-0.05, 0) is 61.8 Å². The highest BCUT2D eigenvalue weighted by Gasteiger charge is 2.36. The van der Waals surface area contributed by atoms with E-state index < -0.39 is 0 Å². The van der Waals surface area contributed by atoms with Gasteiger partial charge >= 0.3 is 0 Å². The number of pyridine rings is 1. The fourth-order valence-corrected chi connectivity index (χ4v) is 3.91. The molecule has 1 aromatic heterocycles. The Labute approximate surface area is 129 Å². The van der Waals surface area contributed by atoms with Crippen molar-refractivity contribution in [2.45, 2.75) is 46.6 Å². The van der Waals surface area contributed by atoms with Gasteiger partial charge in [0.25, 0.3) is 0 Å². The predicted octanol–water partition coefficient (Wildman–Crippen LogP) is 3.37. The Morgan fingerprint density at radius 1 is 1.24 bits per heavy atom. The Morgan fingerprint density at radius 3 is 2.62 bits per heavy atom. The molecule has 0 aromatic carbocycles. The van der Waals surface area contributed by atoms with E-state index in [1.54, 1.807) is 0 Å². The third-order valence-electron chi connectivity index (χ3n) is 4.93. The Morgan fingerprint density at radius 2 is 1.95 bits per heavy atom. The van der Waals surface area contributed by atoms with Crippen LogP contribution in [0.15, 0.2) is 12.1 Å². The molecule has 2 unspecified atom stereocenters. The molecule has 3 rings (SSSR count). The van der Waals surface area contributed by atoms with Crippen molar-refractivity contribution in [3.63, 3.8) is 0 Å². The molecule has 1 saturated carbocycles. The lowest BCUT2D eigenvalue weighted by molar-refractivity contribution is 0.494. The zero-order valence-corrected chi connectivity index (χ0v) is 13.7. The summed E-state index contributed by atoms with van der Waals surface area (Å²) in [4.78, 5) is 7.31. The quantitative estimate of drug-likeness (QED) is 0.900. The van der Waals surface area contributed by atoms with E-state index in [-0.39, 0.29) is 0 Å². The van der Waals surface area contributed by atoms with Gasteiger partial charge in [0.1, 0.15) is 5.82 Å². The van der Waals surface area contributed by atoms with Gasteiger partial charge in [0.05, 0.1) is 0 Å². The number of anilines is 1. The van der Waals surface area contributed by atoms with Crippen LogP contribution >= 0.6 is 0 Å². The van der Waals surface area contributed by atoms with Gasteiger partial charge in [-0.1, -0.05) is 20.3 Å². The molecule has 0 radical (unpaired) electrons. The molecule has 1 aliphatic carbocycles. The van der Waals surface area contributed by atoms with Crippen molar-refractivity contribution >= 4 is 5.82 Å². The Balaban J connectivity index is 1.66. The largest absolute Gasteiger partial charge is 0.356 e. The number of fused-ring (bicyclic) bond motifs is 1. The number of hydrogen-bond donors (Lipinski definition) is 1. The van der Waals surface area contributed by atoms with E-state index in [0.29, 0.717) is 5.92 Å². The summed E-state index contributed by atoms with van der Waals surface area (Å²) < 4.78 is 0. The van der Waals surface area contributed by atoms with Crippen molar-refractivity contribution in [2.24, 2.45) is 17.8 Å². The van der Waals surface area contributed by atoms with Crippen molar-refractivity contribution in [1.82, 2.24) is 10.3 Å². The molecule has 2 atom stereocenters. The van der Waals surface area contributed by atoms with Gasteiger partial charge in [0, 0.05) is 25.3 Å². The molecular formula is C18H29N3. The Kier molecular flexibility index (Phi) is 4.48. The van der Waals surface area contributed by atoms with Crippen molar-refractivity contribution in [3.05, 3.63) is 23.4 Å². The van der Waals surface area contributed by atoms with Gasteiger partial charge in [-0.2, -0.15) is 0 Å². The van der Waals surface area contributed by atoms with E-state index >= 15 is 0 Å². The van der Waals surface area contributed by atoms with Crippen molar-refractivity contribution in [2.75, 3.05) is 24.5 Å². The lowest BCUT2D eigenvalue weighted by Gasteiger charge is -2.20. The van der Waals surface area contributed by atoms with Crippen LogP contribution in [0.2, 0.25) is 0 Å². The normalized spacial score (nSPS) is 24.9. The smallest absolute Gasteiger partial charge is 0.129 e. The molecule has 1 aromatic rings. The second-order valence-corrected chi connectivity index (χ2v) is 7.36. The number of rotatable bonds is 5. The average molecular weight is 287 g/mol. The first-order valence-electron chi connectivity index (χ1n) is 8.55. The fraction of sp³-hybridized carbons (Fsp3) is 0.722. The van der Waals surface area contributed by atoms with Gasteiger partial charge in [0.2, 0.25) is 0 Å². The molecule has 2 fully saturated rings. The minimum Gasteiger partial charge on any atom is -0.356 e. The first-order valence-corrected chi connectivity index (χ1v) is 8.55. The number of hydrogen-bond acceptors (Lipinski definition) is 3. The van der Waals surface area contributed by atoms with Crippen LogP contribution in [-0.2, 0) is 6.54 Å². The van der Waals surface area contributed by atoms with Gasteiger partial charge in [0.15, 0.2) is 0 Å². The molecule has 3 heteroatoms. The van der Waals surface area contributed by atoms with E-state index in [1.165, 1.54) is 43.7 Å². The fourth-order valence-electron chi connectivity index (χ4n) is 3.91. The molecule has 21 heavy (non-hydrogen) atoms. The lowest BCUT2D eigenvalue weighted by Crippen LogP contribution is -2.23. The number of nitrogens with one attached hydrogen (secondary N) is 1. The first kappa shape index (κ1) is 14.8. The maximum atomic E-state index is 4.78. The maximum absolute atomic E-state index is 4.78. The molecule has 116 valence electrons. The standard InChI is InChI=1S/C18H29N3/c1-13(2)9-19-10-15-7-14(3)20-18(8-15)21-11-16-5-4-6-17(16)12-21/h7-8,13,16-17,19H,4-6,9-12H2,1-3H3. The lowest BCUT2D eigenvalue weighted by atomic mass is 10.0. The summed E-state index contributed by atoms with van der Waals surface area (Å²) in [6.07, 6.45) is 4.29. The summed E-state index contributed by atoms with van der Waals surface area (Å²) in [6, 6.07) is 4.51. The minimum absolute atomic E-state index is 0.699. The number of nitrogens with zero attached hydrogens (tertiary/aromatic N) is 2. The summed E-state index contributed by atoms with van der Waals surface area (Å²) in [5.41, 5.74) is 2.51. The zero-order valence-electron chi connectivity index (χ0n) is 13.7. The molecule has 1 aliphatic heterocycles. The molecule has 1 N–H and O–H groups in total. The summed E-state index contributed by atoms with van der Waals surface area (Å²) in [5.74, 6) is 3.75. The summed E-state index contributed by atoms with van der Waals surface area (Å²) in [7, 11) is 0. The molecule has 2 heterocycles. The highest BCUT2D eigenvalue weighted by atomic mass is 15.2. The number of aromatic nitrogens is 1. The number of aryl methyl sites for hydroxylation is 1. The van der Waals surface area contributed by atoms with Gasteiger partial charge in [-0.15, -0.1) is 0 Å². The van der Waals surface area contributed by atoms with Gasteiger partial charge in [-0.3, -0.25) is 0 Å². The average Bonchev–Trinajstić information content (AvgIpc) is 2.98. The van der Waals surface area contributed by atoms with E-state index in [1.807, 2.05) is 0 Å². The van der Waals surface area contributed by atoms with Crippen molar-refractivity contribution in [3.8, 4) is 0 Å². The third-order valence-corrected chi connectivity index (χ3v) is 4.93. The van der Waals surface area contributed by atoms with Crippen LogP contribution in [0, 0.1) is 24.7 Å². The van der Waals surface area contributed by atoms with Crippen LogP contribution < -0.4 is 10.2 Å². The molecular weight excluding hydrogens is 258 g/mol. The van der Waals surface area contributed by atoms with E-state index in [2.05, 4.69) is 43.1 Å². The van der Waals surface area contributed by atoms with Crippen LogP contribution in [0.25, 0.3) is 0 Å². The van der Waals surface area contributed by atoms with E-state index in [0.717, 1.165) is 30.6 Å². The molecule has 0 amide bonds. The van der Waals surface area contributed by atoms with E-state index in [4.69, 9.17) is 4.98 Å². The summed E-state index contributed by atoms with van der Waals surface area (Å²) in [6.45, 7) is 11.1. The maximum Gasteiger partial charge on any atom is 0.129 e. The van der Waals surface area contributed by atoms with Crippen LogP contribution in [0.4, 0.5) is 5.82 Å². The van der Waals surface area contributed by atoms with Gasteiger partial charge in [-0.25, -0.2) is 4.98 Å². The second kappa shape index (κ2) is 6.35. The summed E-state index contributed by atoms with van der Waals surface area (Å²) >= 11 is 0. The first-order chi connectivity index (χ1) is 10.1. The van der Waals surface area contributed by atoms with Crippen LogP contribution in [-0.4, -0.2) is 24.6 Å². The summed E-state index contributed by atoms with van der Waals surface area (Å²) in [5, 5.41) is 3.54. The van der Waals surface area contributed by atoms with Crippen LogP contribution in [0.5, 0.6) is 0 Å². The molecule has 2 aliphatic rings. The van der Waals surface area contributed by atoms with Crippen molar-refractivity contribution in [1.29, 1.82) is 0 Å². The van der Waals surface area contributed by atoms with Crippen molar-refractivity contribution < 1.29 is 0 Å². The van der Waals surface area contributed by atoms with Gasteiger partial charge < -0.3 is 10.2 Å². The minimum atomic E-state index is 0.699. The van der Waals surface area contributed by atoms with Crippen LogP contribution in [0.1, 0.15) is 44.4 Å². The zero-order chi connectivity index (χ0) is 14.8. The molecule has 3 nitrogen and oxygen atoms in total. The highest BCUT2D eigenvalue weighted by molar-refractivity contribution is 5.44. The topological polar surface area (TPSA) is 28.2 Å². The molecule has 1 saturated heterocycles. The predicted molar refractivity (Wildman–Crippen MR) is 88.6 cm³/mol. The molecule has 0 bridgehead atoms. The highest BCUT2D eigenvalue weighted by Crippen LogP contribution is 2.39. The Bertz CT molecular complexity index is 471. The SMILES string of the molecule is Cc1cc(CNCC(C)C)cc(N2CC3CCCC3C2)n1. The van der Waals surface area contributed by atoms with Crippen LogP contribution in [0.3, 0.4) is 0 Å².